The Kier molecular flexibility index (Phi) is 4.31. The molecule has 100 valence electrons. The third-order valence-electron chi connectivity index (χ3n) is 1.75. The molecule has 0 aliphatic rings. The molecule has 0 heterocycles. The lowest BCUT2D eigenvalue weighted by Gasteiger charge is -2.09. The second kappa shape index (κ2) is 5.72. The lowest BCUT2D eigenvalue weighted by Crippen LogP contribution is -2.21. The number of hydrogen-bond donors (Lipinski definition) is 3. The van der Waals surface area contributed by atoms with E-state index in [9.17, 15) is 13.2 Å². The smallest absolute Gasteiger partial charge is 0.406 e. The SMILES string of the molecule is N#C/C(=N\Nc1ccc(OC(F)(F)F)cc1)C(=N)N. The van der Waals surface area contributed by atoms with E-state index in [1.807, 2.05) is 0 Å². The molecule has 6 nitrogen and oxygen atoms in total. The highest BCUT2D eigenvalue weighted by molar-refractivity contribution is 6.45. The lowest BCUT2D eigenvalue weighted by molar-refractivity contribution is -0.274. The predicted octanol–water partition coefficient (Wildman–Crippen LogP) is 1.81. The van der Waals surface area contributed by atoms with Gasteiger partial charge in [-0.05, 0) is 24.3 Å². The number of rotatable bonds is 4. The predicted molar refractivity (Wildman–Crippen MR) is 61.7 cm³/mol. The fourth-order valence-corrected chi connectivity index (χ4v) is 0.997. The second-order valence-electron chi connectivity index (χ2n) is 3.17. The lowest BCUT2D eigenvalue weighted by atomic mass is 10.3. The van der Waals surface area contributed by atoms with Gasteiger partial charge in [0.25, 0.3) is 0 Å². The Hall–Kier alpha value is -2.76. The second-order valence-corrected chi connectivity index (χ2v) is 3.17. The number of nitrogens with two attached hydrogens (primary N) is 1. The molecule has 9 heteroatoms. The number of amidine groups is 1. The summed E-state index contributed by atoms with van der Waals surface area (Å²) in [5.74, 6) is -0.902. The average Bonchev–Trinajstić information content (AvgIpc) is 2.29. The summed E-state index contributed by atoms with van der Waals surface area (Å²) >= 11 is 0. The average molecular weight is 271 g/mol. The summed E-state index contributed by atoms with van der Waals surface area (Å²) in [7, 11) is 0. The number of nitrogens with zero attached hydrogens (tertiary/aromatic N) is 2. The van der Waals surface area contributed by atoms with Crippen molar-refractivity contribution < 1.29 is 17.9 Å². The van der Waals surface area contributed by atoms with E-state index in [0.717, 1.165) is 12.1 Å². The molecular formula is C10H8F3N5O. The van der Waals surface area contributed by atoms with E-state index in [4.69, 9.17) is 16.4 Å². The molecule has 0 aliphatic heterocycles. The molecular weight excluding hydrogens is 263 g/mol. The number of hydrazone groups is 1. The van der Waals surface area contributed by atoms with E-state index in [0.29, 0.717) is 5.69 Å². The van der Waals surface area contributed by atoms with Crippen molar-refractivity contribution in [2.45, 2.75) is 6.36 Å². The van der Waals surface area contributed by atoms with Crippen LogP contribution < -0.4 is 15.9 Å². The number of nitriles is 1. The number of hydrogen-bond acceptors (Lipinski definition) is 5. The van der Waals surface area contributed by atoms with E-state index in [-0.39, 0.29) is 11.5 Å². The van der Waals surface area contributed by atoms with Crippen LogP contribution in [0.4, 0.5) is 18.9 Å². The molecule has 19 heavy (non-hydrogen) atoms. The number of anilines is 1. The summed E-state index contributed by atoms with van der Waals surface area (Å²) in [5, 5.41) is 19.1. The van der Waals surface area contributed by atoms with Crippen LogP contribution in [0.25, 0.3) is 0 Å². The van der Waals surface area contributed by atoms with E-state index < -0.39 is 12.2 Å². The molecule has 0 aromatic heterocycles. The summed E-state index contributed by atoms with van der Waals surface area (Å²) in [4.78, 5) is 0. The van der Waals surface area contributed by atoms with Crippen LogP contribution >= 0.6 is 0 Å². The van der Waals surface area contributed by atoms with Crippen molar-refractivity contribution in [2.75, 3.05) is 5.43 Å². The highest BCUT2D eigenvalue weighted by atomic mass is 19.4. The summed E-state index contributed by atoms with van der Waals surface area (Å²) < 4.78 is 39.4. The molecule has 1 rings (SSSR count). The van der Waals surface area contributed by atoms with E-state index >= 15 is 0 Å². The van der Waals surface area contributed by atoms with Crippen LogP contribution in [-0.2, 0) is 0 Å². The van der Waals surface area contributed by atoms with Crippen molar-refractivity contribution in [1.82, 2.24) is 0 Å². The van der Waals surface area contributed by atoms with Gasteiger partial charge in [0.15, 0.2) is 5.84 Å². The van der Waals surface area contributed by atoms with E-state index in [2.05, 4.69) is 15.3 Å². The van der Waals surface area contributed by atoms with Gasteiger partial charge in [0, 0.05) is 0 Å². The maximum Gasteiger partial charge on any atom is 0.573 e. The molecule has 0 aliphatic carbocycles. The molecule has 1 aromatic rings. The minimum atomic E-state index is -4.75. The first-order valence-corrected chi connectivity index (χ1v) is 4.76. The summed E-state index contributed by atoms with van der Waals surface area (Å²) in [6.45, 7) is 0. The van der Waals surface area contributed by atoms with Gasteiger partial charge in [0.1, 0.15) is 11.8 Å². The van der Waals surface area contributed by atoms with Crippen molar-refractivity contribution in [3.8, 4) is 11.8 Å². The molecule has 1 aromatic carbocycles. The van der Waals surface area contributed by atoms with Crippen molar-refractivity contribution in [1.29, 1.82) is 10.7 Å². The third kappa shape index (κ3) is 4.95. The van der Waals surface area contributed by atoms with Crippen molar-refractivity contribution in [3.63, 3.8) is 0 Å². The van der Waals surface area contributed by atoms with Gasteiger partial charge < -0.3 is 10.5 Å². The number of alkyl halides is 3. The quantitative estimate of drug-likeness (QED) is 0.441. The van der Waals surface area contributed by atoms with Crippen molar-refractivity contribution >= 4 is 17.2 Å². The van der Waals surface area contributed by atoms with Crippen LogP contribution in [0.5, 0.6) is 5.75 Å². The number of benzene rings is 1. The zero-order valence-electron chi connectivity index (χ0n) is 9.32. The molecule has 0 saturated heterocycles. The zero-order chi connectivity index (χ0) is 14.5. The minimum Gasteiger partial charge on any atom is -0.406 e. The minimum absolute atomic E-state index is 0.309. The highest BCUT2D eigenvalue weighted by Gasteiger charge is 2.30. The number of ether oxygens (including phenoxy) is 1. The van der Waals surface area contributed by atoms with Gasteiger partial charge in [-0.3, -0.25) is 10.8 Å². The molecule has 0 amide bonds. The first-order chi connectivity index (χ1) is 8.81. The first-order valence-electron chi connectivity index (χ1n) is 4.76. The van der Waals surface area contributed by atoms with Crippen molar-refractivity contribution in [3.05, 3.63) is 24.3 Å². The topological polar surface area (TPSA) is 107 Å². The zero-order valence-corrected chi connectivity index (χ0v) is 9.32. The molecule has 0 fully saturated rings. The van der Waals surface area contributed by atoms with Gasteiger partial charge in [-0.2, -0.15) is 10.4 Å². The summed E-state index contributed by atoms with van der Waals surface area (Å²) in [5.41, 5.74) is 7.40. The van der Waals surface area contributed by atoms with E-state index in [1.54, 1.807) is 6.07 Å². The maximum absolute atomic E-state index is 11.9. The van der Waals surface area contributed by atoms with Crippen LogP contribution in [0.2, 0.25) is 0 Å². The summed E-state index contributed by atoms with van der Waals surface area (Å²) in [6, 6.07) is 6.26. The van der Waals surface area contributed by atoms with Crippen LogP contribution in [0, 0.1) is 16.7 Å². The Morgan fingerprint density at radius 2 is 1.95 bits per heavy atom. The van der Waals surface area contributed by atoms with Crippen LogP contribution in [0.1, 0.15) is 0 Å². The first kappa shape index (κ1) is 14.3. The molecule has 0 bridgehead atoms. The molecule has 0 atom stereocenters. The molecule has 0 spiro atoms. The standard InChI is InChI=1S/C10H8F3N5O/c11-10(12,13)19-7-3-1-6(2-4-7)17-18-8(5-14)9(15)16/h1-4,17H,(H3,15,16)/b18-8+. The number of nitrogens with one attached hydrogen (secondary N) is 2. The van der Waals surface area contributed by atoms with Crippen LogP contribution in [-0.4, -0.2) is 17.9 Å². The van der Waals surface area contributed by atoms with Crippen LogP contribution in [0.3, 0.4) is 0 Å². The fourth-order valence-electron chi connectivity index (χ4n) is 0.997. The monoisotopic (exact) mass is 271 g/mol. The largest absolute Gasteiger partial charge is 0.573 e. The maximum atomic E-state index is 11.9. The number of halogens is 3. The molecule has 0 saturated carbocycles. The van der Waals surface area contributed by atoms with Gasteiger partial charge in [0.2, 0.25) is 5.71 Å². The Morgan fingerprint density at radius 1 is 1.37 bits per heavy atom. The Bertz CT molecular complexity index is 530. The summed E-state index contributed by atoms with van der Waals surface area (Å²) in [6.07, 6.45) is -4.75. The Balaban J connectivity index is 2.73. The molecule has 4 N–H and O–H groups in total. The fraction of sp³-hybridized carbons (Fsp3) is 0.100. The van der Waals surface area contributed by atoms with E-state index in [1.165, 1.54) is 12.1 Å². The highest BCUT2D eigenvalue weighted by Crippen LogP contribution is 2.23. The Labute approximate surface area is 105 Å². The van der Waals surface area contributed by atoms with Gasteiger partial charge in [-0.1, -0.05) is 0 Å². The molecule has 0 unspecified atom stereocenters. The van der Waals surface area contributed by atoms with Gasteiger partial charge in [0.05, 0.1) is 5.69 Å². The van der Waals surface area contributed by atoms with Gasteiger partial charge in [-0.25, -0.2) is 0 Å². The van der Waals surface area contributed by atoms with Gasteiger partial charge in [-0.15, -0.1) is 13.2 Å². The van der Waals surface area contributed by atoms with Crippen LogP contribution in [0.15, 0.2) is 29.4 Å². The normalized spacial score (nSPS) is 11.6. The molecule has 0 radical (unpaired) electrons. The van der Waals surface area contributed by atoms with Gasteiger partial charge >= 0.3 is 6.36 Å². The Morgan fingerprint density at radius 3 is 2.37 bits per heavy atom. The third-order valence-corrected chi connectivity index (χ3v) is 1.75. The van der Waals surface area contributed by atoms with Crippen molar-refractivity contribution in [2.24, 2.45) is 10.8 Å².